The SMILES string of the molecule is CCCc1ccc(-c2ccc(/C=C/C3C=CC(CC)CC3)cc2)cc1. The van der Waals surface area contributed by atoms with Gasteiger partial charge in [-0.25, -0.2) is 0 Å². The molecule has 0 N–H and O–H groups in total. The third-order valence-corrected chi connectivity index (χ3v) is 5.30. The molecule has 0 fully saturated rings. The van der Waals surface area contributed by atoms with Crippen LogP contribution in [-0.4, -0.2) is 0 Å². The number of allylic oxidation sites excluding steroid dienone is 3. The molecule has 2 aromatic carbocycles. The zero-order valence-electron chi connectivity index (χ0n) is 15.6. The van der Waals surface area contributed by atoms with Gasteiger partial charge in [-0.3, -0.25) is 0 Å². The van der Waals surface area contributed by atoms with Crippen molar-refractivity contribution in [2.75, 3.05) is 0 Å². The van der Waals surface area contributed by atoms with E-state index < -0.39 is 0 Å². The van der Waals surface area contributed by atoms with Crippen LogP contribution in [0.3, 0.4) is 0 Å². The van der Waals surface area contributed by atoms with Crippen LogP contribution in [-0.2, 0) is 6.42 Å². The molecule has 0 aromatic heterocycles. The number of hydrogen-bond acceptors (Lipinski definition) is 0. The first-order chi connectivity index (χ1) is 12.3. The van der Waals surface area contributed by atoms with Gasteiger partial charge in [-0.05, 0) is 59.8 Å². The van der Waals surface area contributed by atoms with E-state index in [1.54, 1.807) is 0 Å². The van der Waals surface area contributed by atoms with Gasteiger partial charge >= 0.3 is 0 Å². The first-order valence-electron chi connectivity index (χ1n) is 9.84. The summed E-state index contributed by atoms with van der Waals surface area (Å²) >= 11 is 0. The minimum absolute atomic E-state index is 0.605. The van der Waals surface area contributed by atoms with E-state index in [9.17, 15) is 0 Å². The summed E-state index contributed by atoms with van der Waals surface area (Å²) in [6.45, 7) is 4.51. The Morgan fingerprint density at radius 1 is 0.840 bits per heavy atom. The van der Waals surface area contributed by atoms with E-state index in [0.29, 0.717) is 5.92 Å². The molecule has 25 heavy (non-hydrogen) atoms. The minimum Gasteiger partial charge on any atom is -0.0848 e. The Morgan fingerprint density at radius 3 is 2.08 bits per heavy atom. The number of rotatable bonds is 6. The van der Waals surface area contributed by atoms with Crippen molar-refractivity contribution >= 4 is 6.08 Å². The van der Waals surface area contributed by atoms with E-state index >= 15 is 0 Å². The zero-order valence-corrected chi connectivity index (χ0v) is 15.6. The van der Waals surface area contributed by atoms with Crippen LogP contribution in [0.25, 0.3) is 17.2 Å². The van der Waals surface area contributed by atoms with Crippen molar-refractivity contribution in [3.8, 4) is 11.1 Å². The van der Waals surface area contributed by atoms with Crippen LogP contribution in [0, 0.1) is 11.8 Å². The van der Waals surface area contributed by atoms with Gasteiger partial charge in [0.15, 0.2) is 0 Å². The first-order valence-corrected chi connectivity index (χ1v) is 9.84. The monoisotopic (exact) mass is 330 g/mol. The highest BCUT2D eigenvalue weighted by Gasteiger charge is 2.11. The lowest BCUT2D eigenvalue weighted by Gasteiger charge is -2.19. The second-order valence-corrected chi connectivity index (χ2v) is 7.22. The lowest BCUT2D eigenvalue weighted by Crippen LogP contribution is -2.05. The third-order valence-electron chi connectivity index (χ3n) is 5.30. The lowest BCUT2D eigenvalue weighted by molar-refractivity contribution is 0.488. The first kappa shape index (κ1) is 17.7. The van der Waals surface area contributed by atoms with Gasteiger partial charge in [0.2, 0.25) is 0 Å². The van der Waals surface area contributed by atoms with Crippen molar-refractivity contribution in [1.82, 2.24) is 0 Å². The summed E-state index contributed by atoms with van der Waals surface area (Å²) in [6.07, 6.45) is 15.7. The number of aryl methyl sites for hydroxylation is 1. The summed E-state index contributed by atoms with van der Waals surface area (Å²) in [7, 11) is 0. The molecule has 0 amide bonds. The molecule has 0 bridgehead atoms. The Labute approximate surface area is 153 Å². The van der Waals surface area contributed by atoms with Gasteiger partial charge in [0.25, 0.3) is 0 Å². The highest BCUT2D eigenvalue weighted by Crippen LogP contribution is 2.26. The van der Waals surface area contributed by atoms with Crippen LogP contribution in [0.4, 0.5) is 0 Å². The molecule has 0 spiro atoms. The van der Waals surface area contributed by atoms with Crippen molar-refractivity contribution < 1.29 is 0 Å². The normalized spacial score (nSPS) is 20.2. The van der Waals surface area contributed by atoms with Crippen molar-refractivity contribution in [2.45, 2.75) is 46.0 Å². The molecule has 1 aliphatic carbocycles. The molecule has 0 aliphatic heterocycles. The fourth-order valence-electron chi connectivity index (χ4n) is 3.57. The zero-order chi connectivity index (χ0) is 17.5. The van der Waals surface area contributed by atoms with Crippen molar-refractivity contribution in [3.63, 3.8) is 0 Å². The second-order valence-electron chi connectivity index (χ2n) is 7.22. The summed E-state index contributed by atoms with van der Waals surface area (Å²) in [5.41, 5.74) is 5.31. The standard InChI is InChI=1S/C25H30/c1-3-5-21-12-16-24(17-13-21)25-18-14-23(15-19-25)11-10-22-8-6-20(4-2)7-9-22/h6,8,10-20,22H,3-5,7,9H2,1-2H3/b11-10+. The lowest BCUT2D eigenvalue weighted by atomic mass is 9.87. The minimum atomic E-state index is 0.605. The molecule has 0 saturated heterocycles. The van der Waals surface area contributed by atoms with Crippen LogP contribution in [0.2, 0.25) is 0 Å². The van der Waals surface area contributed by atoms with E-state index in [1.807, 2.05) is 0 Å². The largest absolute Gasteiger partial charge is 0.0848 e. The van der Waals surface area contributed by atoms with Gasteiger partial charge in [0, 0.05) is 0 Å². The predicted molar refractivity (Wildman–Crippen MR) is 111 cm³/mol. The smallest absolute Gasteiger partial charge is 0.00499 e. The predicted octanol–water partition coefficient (Wildman–Crippen LogP) is 7.31. The molecule has 0 heteroatoms. The van der Waals surface area contributed by atoms with Crippen LogP contribution < -0.4 is 0 Å². The van der Waals surface area contributed by atoms with E-state index in [2.05, 4.69) is 86.7 Å². The van der Waals surface area contributed by atoms with E-state index in [1.165, 1.54) is 54.4 Å². The van der Waals surface area contributed by atoms with Gasteiger partial charge in [0.1, 0.15) is 0 Å². The molecule has 2 aromatic rings. The van der Waals surface area contributed by atoms with Gasteiger partial charge in [0.05, 0.1) is 0 Å². The molecule has 2 unspecified atom stereocenters. The van der Waals surface area contributed by atoms with E-state index in [-0.39, 0.29) is 0 Å². The molecule has 0 nitrogen and oxygen atoms in total. The Morgan fingerprint density at radius 2 is 1.52 bits per heavy atom. The third kappa shape index (κ3) is 4.95. The summed E-state index contributed by atoms with van der Waals surface area (Å²) in [6, 6.07) is 17.9. The van der Waals surface area contributed by atoms with Crippen LogP contribution in [0.15, 0.2) is 66.8 Å². The number of benzene rings is 2. The average molecular weight is 331 g/mol. The highest BCUT2D eigenvalue weighted by molar-refractivity contribution is 5.66. The molecule has 0 saturated carbocycles. The maximum Gasteiger partial charge on any atom is -0.00499 e. The Bertz CT molecular complexity index is 701. The summed E-state index contributed by atoms with van der Waals surface area (Å²) in [5.74, 6) is 1.40. The molecule has 3 rings (SSSR count). The maximum atomic E-state index is 2.41. The highest BCUT2D eigenvalue weighted by atomic mass is 14.2. The summed E-state index contributed by atoms with van der Waals surface area (Å²) < 4.78 is 0. The second kappa shape index (κ2) is 8.85. The topological polar surface area (TPSA) is 0 Å². The molecule has 1 aliphatic rings. The van der Waals surface area contributed by atoms with Crippen LogP contribution in [0.1, 0.15) is 50.7 Å². The quantitative estimate of drug-likeness (QED) is 0.487. The van der Waals surface area contributed by atoms with Crippen LogP contribution in [0.5, 0.6) is 0 Å². The Kier molecular flexibility index (Phi) is 6.28. The molecular formula is C25H30. The summed E-state index contributed by atoms with van der Waals surface area (Å²) in [5, 5.41) is 0. The van der Waals surface area contributed by atoms with Gasteiger partial charge in [-0.15, -0.1) is 0 Å². The fourth-order valence-corrected chi connectivity index (χ4v) is 3.57. The molecular weight excluding hydrogens is 300 g/mol. The summed E-state index contributed by atoms with van der Waals surface area (Å²) in [4.78, 5) is 0. The van der Waals surface area contributed by atoms with Gasteiger partial charge in [-0.2, -0.15) is 0 Å². The van der Waals surface area contributed by atoms with Crippen LogP contribution >= 0.6 is 0 Å². The fraction of sp³-hybridized carbons (Fsp3) is 0.360. The Balaban J connectivity index is 1.63. The molecule has 0 heterocycles. The molecule has 2 atom stereocenters. The van der Waals surface area contributed by atoms with Gasteiger partial charge in [-0.1, -0.05) is 93.1 Å². The van der Waals surface area contributed by atoms with Crippen molar-refractivity contribution in [3.05, 3.63) is 77.9 Å². The maximum absolute atomic E-state index is 2.41. The molecule has 130 valence electrons. The van der Waals surface area contributed by atoms with E-state index in [4.69, 9.17) is 0 Å². The van der Waals surface area contributed by atoms with Crippen molar-refractivity contribution in [1.29, 1.82) is 0 Å². The van der Waals surface area contributed by atoms with Gasteiger partial charge < -0.3 is 0 Å². The van der Waals surface area contributed by atoms with E-state index in [0.717, 1.165) is 5.92 Å². The number of hydrogen-bond donors (Lipinski definition) is 0. The molecule has 0 radical (unpaired) electrons. The average Bonchev–Trinajstić information content (AvgIpc) is 2.68. The van der Waals surface area contributed by atoms with Crippen molar-refractivity contribution in [2.24, 2.45) is 11.8 Å². The Hall–Kier alpha value is -2.08.